The smallest absolute Gasteiger partial charge is 0.308 e. The van der Waals surface area contributed by atoms with Crippen molar-refractivity contribution >= 4 is 21.7 Å². The molecule has 0 spiro atoms. The highest BCUT2D eigenvalue weighted by Gasteiger charge is 2.37. The second-order valence-corrected chi connectivity index (χ2v) is 7.54. The fraction of sp³-hybridized carbons (Fsp3) is 0.500. The van der Waals surface area contributed by atoms with Gasteiger partial charge in [-0.2, -0.15) is 0 Å². The Morgan fingerprint density at radius 1 is 1.33 bits per heavy atom. The molecule has 0 aromatic heterocycles. The number of hydrogen-bond acceptors (Lipinski definition) is 4. The van der Waals surface area contributed by atoms with E-state index in [0.717, 1.165) is 0 Å². The topological polar surface area (TPSA) is 77.9 Å². The van der Waals surface area contributed by atoms with Crippen molar-refractivity contribution in [2.75, 3.05) is 25.5 Å². The summed E-state index contributed by atoms with van der Waals surface area (Å²) in [6.07, 6.45) is 0.521. The van der Waals surface area contributed by atoms with E-state index in [2.05, 4.69) is 0 Å². The van der Waals surface area contributed by atoms with Crippen molar-refractivity contribution in [2.24, 2.45) is 5.92 Å². The maximum Gasteiger partial charge on any atom is 0.308 e. The van der Waals surface area contributed by atoms with Crippen molar-refractivity contribution in [1.82, 2.24) is 4.31 Å². The molecule has 21 heavy (non-hydrogen) atoms. The summed E-state index contributed by atoms with van der Waals surface area (Å²) in [6, 6.07) is 6.50. The van der Waals surface area contributed by atoms with Crippen molar-refractivity contribution < 1.29 is 18.3 Å². The van der Waals surface area contributed by atoms with Gasteiger partial charge in [-0.25, -0.2) is 12.7 Å². The number of rotatable bonds is 4. The summed E-state index contributed by atoms with van der Waals surface area (Å²) in [7, 11) is -0.591. The van der Waals surface area contributed by atoms with Gasteiger partial charge in [-0.05, 0) is 25.5 Å². The number of carbonyl (C=O) groups is 1. The number of nitrogens with zero attached hydrogens (tertiary/aromatic N) is 2. The van der Waals surface area contributed by atoms with Gasteiger partial charge in [-0.15, -0.1) is 0 Å². The molecule has 2 rings (SSSR count). The van der Waals surface area contributed by atoms with Crippen LogP contribution in [0.5, 0.6) is 0 Å². The van der Waals surface area contributed by atoms with Crippen LogP contribution in [-0.2, 0) is 14.8 Å². The molecule has 1 aliphatic heterocycles. The Labute approximate surface area is 125 Å². The Bertz CT molecular complexity index is 642. The third kappa shape index (κ3) is 2.75. The molecule has 7 heteroatoms. The monoisotopic (exact) mass is 312 g/mol. The van der Waals surface area contributed by atoms with Crippen LogP contribution in [0.2, 0.25) is 0 Å². The summed E-state index contributed by atoms with van der Waals surface area (Å²) in [5, 5.41) is 9.21. The SMILES string of the molecule is CC1C(C(=O)O)CCN1c1ccccc1S(=O)(=O)N(C)C. The first-order chi connectivity index (χ1) is 9.76. The Kier molecular flexibility index (Phi) is 4.25. The molecule has 2 atom stereocenters. The molecule has 1 aromatic rings. The van der Waals surface area contributed by atoms with Crippen LogP contribution in [0.3, 0.4) is 0 Å². The van der Waals surface area contributed by atoms with Crippen molar-refractivity contribution in [3.05, 3.63) is 24.3 Å². The number of sulfonamides is 1. The number of anilines is 1. The van der Waals surface area contributed by atoms with E-state index in [1.54, 1.807) is 24.3 Å². The first-order valence-corrected chi connectivity index (χ1v) is 8.22. The number of hydrogen-bond donors (Lipinski definition) is 1. The molecule has 6 nitrogen and oxygen atoms in total. The van der Waals surface area contributed by atoms with Crippen LogP contribution in [0.1, 0.15) is 13.3 Å². The summed E-state index contributed by atoms with van der Waals surface area (Å²) in [6.45, 7) is 2.36. The van der Waals surface area contributed by atoms with E-state index in [1.165, 1.54) is 18.4 Å². The van der Waals surface area contributed by atoms with Crippen LogP contribution in [0, 0.1) is 5.92 Å². The van der Waals surface area contributed by atoms with Gasteiger partial charge < -0.3 is 10.0 Å². The van der Waals surface area contributed by atoms with Crippen molar-refractivity contribution in [1.29, 1.82) is 0 Å². The zero-order chi connectivity index (χ0) is 15.8. The predicted octanol–water partition coefficient (Wildman–Crippen LogP) is 1.24. The number of carboxylic acids is 1. The molecule has 1 heterocycles. The Morgan fingerprint density at radius 2 is 1.95 bits per heavy atom. The molecule has 1 N–H and O–H groups in total. The average Bonchev–Trinajstić information content (AvgIpc) is 2.80. The van der Waals surface area contributed by atoms with Gasteiger partial charge in [0.2, 0.25) is 10.0 Å². The van der Waals surface area contributed by atoms with Crippen LogP contribution in [0.15, 0.2) is 29.2 Å². The Hall–Kier alpha value is -1.60. The van der Waals surface area contributed by atoms with Gasteiger partial charge in [0.25, 0.3) is 0 Å². The Morgan fingerprint density at radius 3 is 2.48 bits per heavy atom. The minimum absolute atomic E-state index is 0.216. The summed E-state index contributed by atoms with van der Waals surface area (Å²) >= 11 is 0. The molecule has 0 radical (unpaired) electrons. The van der Waals surface area contributed by atoms with E-state index >= 15 is 0 Å². The van der Waals surface area contributed by atoms with Gasteiger partial charge >= 0.3 is 5.97 Å². The third-order valence-corrected chi connectivity index (χ3v) is 5.87. The van der Waals surface area contributed by atoms with Crippen LogP contribution in [0.25, 0.3) is 0 Å². The largest absolute Gasteiger partial charge is 0.481 e. The lowest BCUT2D eigenvalue weighted by Crippen LogP contribution is -2.34. The lowest BCUT2D eigenvalue weighted by molar-refractivity contribution is -0.141. The van der Waals surface area contributed by atoms with Gasteiger partial charge in [-0.3, -0.25) is 4.79 Å². The minimum atomic E-state index is -3.56. The first kappa shape index (κ1) is 15.8. The number of benzene rings is 1. The van der Waals surface area contributed by atoms with E-state index in [9.17, 15) is 18.3 Å². The summed E-state index contributed by atoms with van der Waals surface area (Å²) < 4.78 is 26.0. The maximum atomic E-state index is 12.4. The summed E-state index contributed by atoms with van der Waals surface area (Å²) in [4.78, 5) is 13.3. The highest BCUT2D eigenvalue weighted by Crippen LogP contribution is 2.34. The van der Waals surface area contributed by atoms with Crippen LogP contribution >= 0.6 is 0 Å². The number of carboxylic acid groups (broad SMARTS) is 1. The quantitative estimate of drug-likeness (QED) is 0.905. The van der Waals surface area contributed by atoms with Crippen LogP contribution in [0.4, 0.5) is 5.69 Å². The van der Waals surface area contributed by atoms with Gasteiger partial charge in [0.1, 0.15) is 4.90 Å². The highest BCUT2D eigenvalue weighted by atomic mass is 32.2. The van der Waals surface area contributed by atoms with Crippen molar-refractivity contribution in [2.45, 2.75) is 24.3 Å². The standard InChI is InChI=1S/C14H20N2O4S/c1-10-11(14(17)18)8-9-16(10)12-6-4-5-7-13(12)21(19,20)15(2)3/h4-7,10-11H,8-9H2,1-3H3,(H,17,18). The molecule has 1 saturated heterocycles. The number of aliphatic carboxylic acids is 1. The number of para-hydroxylation sites is 1. The molecule has 116 valence electrons. The first-order valence-electron chi connectivity index (χ1n) is 6.78. The normalized spacial score (nSPS) is 22.8. The lowest BCUT2D eigenvalue weighted by Gasteiger charge is -2.28. The second kappa shape index (κ2) is 5.65. The maximum absolute atomic E-state index is 12.4. The van der Waals surface area contributed by atoms with E-state index in [-0.39, 0.29) is 10.9 Å². The van der Waals surface area contributed by atoms with E-state index in [1.807, 2.05) is 11.8 Å². The van der Waals surface area contributed by atoms with Crippen molar-refractivity contribution in [3.8, 4) is 0 Å². The van der Waals surface area contributed by atoms with Crippen molar-refractivity contribution in [3.63, 3.8) is 0 Å². The molecule has 0 aliphatic carbocycles. The molecule has 1 fully saturated rings. The summed E-state index contributed by atoms with van der Waals surface area (Å²) in [5.41, 5.74) is 0.572. The molecule has 0 saturated carbocycles. The van der Waals surface area contributed by atoms with Crippen LogP contribution in [-0.4, -0.2) is 50.5 Å². The van der Waals surface area contributed by atoms with Crippen LogP contribution < -0.4 is 4.90 Å². The third-order valence-electron chi connectivity index (χ3n) is 4.01. The summed E-state index contributed by atoms with van der Waals surface area (Å²) in [5.74, 6) is -1.31. The molecule has 0 bridgehead atoms. The molecule has 1 aliphatic rings. The minimum Gasteiger partial charge on any atom is -0.481 e. The molecular weight excluding hydrogens is 292 g/mol. The molecule has 0 amide bonds. The lowest BCUT2D eigenvalue weighted by atomic mass is 10.0. The predicted molar refractivity (Wildman–Crippen MR) is 79.9 cm³/mol. The fourth-order valence-electron chi connectivity index (χ4n) is 2.72. The fourth-order valence-corrected chi connectivity index (χ4v) is 3.81. The van der Waals surface area contributed by atoms with E-state index in [0.29, 0.717) is 18.7 Å². The zero-order valence-electron chi connectivity index (χ0n) is 12.4. The molecular formula is C14H20N2O4S. The second-order valence-electron chi connectivity index (χ2n) is 5.42. The van der Waals surface area contributed by atoms with E-state index in [4.69, 9.17) is 0 Å². The molecule has 1 aromatic carbocycles. The van der Waals surface area contributed by atoms with Gasteiger partial charge in [0, 0.05) is 26.7 Å². The van der Waals surface area contributed by atoms with E-state index < -0.39 is 21.9 Å². The van der Waals surface area contributed by atoms with Gasteiger partial charge in [0.05, 0.1) is 11.6 Å². The van der Waals surface area contributed by atoms with Gasteiger partial charge in [0.15, 0.2) is 0 Å². The average molecular weight is 312 g/mol. The highest BCUT2D eigenvalue weighted by molar-refractivity contribution is 7.89. The zero-order valence-corrected chi connectivity index (χ0v) is 13.2. The Balaban J connectivity index is 2.45. The molecule has 2 unspecified atom stereocenters. The van der Waals surface area contributed by atoms with Gasteiger partial charge in [-0.1, -0.05) is 12.1 Å².